The van der Waals surface area contributed by atoms with Crippen molar-refractivity contribution in [2.45, 2.75) is 46.0 Å². The third kappa shape index (κ3) is 6.57. The zero-order valence-corrected chi connectivity index (χ0v) is 12.6. The topological polar surface area (TPSA) is 64.3 Å². The maximum absolute atomic E-state index is 11.8. The highest BCUT2D eigenvalue weighted by molar-refractivity contribution is 5.91. The van der Waals surface area contributed by atoms with Gasteiger partial charge in [-0.1, -0.05) is 19.8 Å². The van der Waals surface area contributed by atoms with Gasteiger partial charge in [0.2, 0.25) is 5.91 Å². The molecule has 0 unspecified atom stereocenters. The molecule has 0 saturated carbocycles. The first-order valence-electron chi connectivity index (χ1n) is 7.37. The van der Waals surface area contributed by atoms with Crippen molar-refractivity contribution in [1.82, 2.24) is 0 Å². The molecule has 4 nitrogen and oxygen atoms in total. The molecule has 1 amide bonds. The van der Waals surface area contributed by atoms with Gasteiger partial charge in [0.15, 0.2) is 0 Å². The second kappa shape index (κ2) is 9.37. The molecule has 0 saturated heterocycles. The van der Waals surface area contributed by atoms with Crippen molar-refractivity contribution >= 4 is 17.3 Å². The van der Waals surface area contributed by atoms with Crippen molar-refractivity contribution in [2.75, 3.05) is 24.3 Å². The van der Waals surface area contributed by atoms with Gasteiger partial charge in [-0.25, -0.2) is 0 Å². The zero-order chi connectivity index (χ0) is 14.8. The molecule has 1 rings (SSSR count). The van der Waals surface area contributed by atoms with E-state index in [4.69, 9.17) is 10.5 Å². The molecule has 20 heavy (non-hydrogen) atoms. The van der Waals surface area contributed by atoms with E-state index in [-0.39, 0.29) is 5.91 Å². The Hall–Kier alpha value is -1.55. The van der Waals surface area contributed by atoms with E-state index in [1.54, 1.807) is 6.07 Å². The molecule has 1 aromatic rings. The molecule has 0 bridgehead atoms. The van der Waals surface area contributed by atoms with Crippen LogP contribution in [0, 0.1) is 6.92 Å². The lowest BCUT2D eigenvalue weighted by Crippen LogP contribution is -2.13. The molecule has 0 radical (unpaired) electrons. The molecular formula is C16H26N2O2. The number of amides is 1. The minimum absolute atomic E-state index is 0.0232. The van der Waals surface area contributed by atoms with Crippen molar-refractivity contribution in [3.05, 3.63) is 23.8 Å². The van der Waals surface area contributed by atoms with Crippen molar-refractivity contribution in [2.24, 2.45) is 0 Å². The summed E-state index contributed by atoms with van der Waals surface area (Å²) in [4.78, 5) is 11.8. The average molecular weight is 278 g/mol. The highest BCUT2D eigenvalue weighted by Gasteiger charge is 2.04. The number of nitrogen functional groups attached to an aromatic ring is 1. The monoisotopic (exact) mass is 278 g/mol. The summed E-state index contributed by atoms with van der Waals surface area (Å²) in [5.41, 5.74) is 8.19. The number of carbonyl (C=O) groups excluding carboxylic acids is 1. The first-order valence-corrected chi connectivity index (χ1v) is 7.37. The third-order valence-corrected chi connectivity index (χ3v) is 3.11. The number of hydrogen-bond acceptors (Lipinski definition) is 3. The second-order valence-corrected chi connectivity index (χ2v) is 5.05. The van der Waals surface area contributed by atoms with E-state index in [9.17, 15) is 4.79 Å². The standard InChI is InChI=1S/C16H26N2O2/c1-3-4-5-10-20-11-6-7-16(19)18-15-9-8-14(17)12-13(15)2/h8-9,12H,3-7,10-11,17H2,1-2H3,(H,18,19). The molecule has 0 aliphatic carbocycles. The predicted octanol–water partition coefficient (Wildman–Crippen LogP) is 3.50. The Morgan fingerprint density at radius 1 is 1.25 bits per heavy atom. The van der Waals surface area contributed by atoms with Crippen molar-refractivity contribution in [3.8, 4) is 0 Å². The van der Waals surface area contributed by atoms with Gasteiger partial charge in [0.05, 0.1) is 0 Å². The Morgan fingerprint density at radius 2 is 2.00 bits per heavy atom. The predicted molar refractivity (Wildman–Crippen MR) is 83.8 cm³/mol. The van der Waals surface area contributed by atoms with Gasteiger partial charge in [0.25, 0.3) is 0 Å². The average Bonchev–Trinajstić information content (AvgIpc) is 2.41. The van der Waals surface area contributed by atoms with E-state index in [2.05, 4.69) is 12.2 Å². The van der Waals surface area contributed by atoms with E-state index in [0.29, 0.717) is 18.7 Å². The second-order valence-electron chi connectivity index (χ2n) is 5.05. The van der Waals surface area contributed by atoms with Crippen molar-refractivity contribution < 1.29 is 9.53 Å². The molecule has 4 heteroatoms. The quantitative estimate of drug-likeness (QED) is 0.536. The zero-order valence-electron chi connectivity index (χ0n) is 12.6. The van der Waals surface area contributed by atoms with Gasteiger partial charge in [-0.05, 0) is 43.5 Å². The van der Waals surface area contributed by atoms with Gasteiger partial charge in [-0.2, -0.15) is 0 Å². The molecule has 112 valence electrons. The van der Waals surface area contributed by atoms with Crippen LogP contribution in [0.4, 0.5) is 11.4 Å². The largest absolute Gasteiger partial charge is 0.399 e. The SMILES string of the molecule is CCCCCOCCCC(=O)Nc1ccc(N)cc1C. The molecule has 1 aromatic carbocycles. The number of ether oxygens (including phenoxy) is 1. The number of unbranched alkanes of at least 4 members (excludes halogenated alkanes) is 2. The van der Waals surface area contributed by atoms with Crippen LogP contribution in [-0.2, 0) is 9.53 Å². The maximum atomic E-state index is 11.8. The number of rotatable bonds is 9. The fourth-order valence-corrected chi connectivity index (χ4v) is 1.93. The molecule has 3 N–H and O–H groups in total. The molecule has 0 heterocycles. The van der Waals surface area contributed by atoms with E-state index in [1.165, 1.54) is 12.8 Å². The van der Waals surface area contributed by atoms with Gasteiger partial charge >= 0.3 is 0 Å². The van der Waals surface area contributed by atoms with E-state index in [0.717, 1.165) is 30.7 Å². The normalized spacial score (nSPS) is 10.5. The van der Waals surface area contributed by atoms with Crippen LogP contribution >= 0.6 is 0 Å². The van der Waals surface area contributed by atoms with Gasteiger partial charge in [-0.15, -0.1) is 0 Å². The van der Waals surface area contributed by atoms with Crippen molar-refractivity contribution in [1.29, 1.82) is 0 Å². The number of nitrogens with one attached hydrogen (secondary N) is 1. The van der Waals surface area contributed by atoms with Crippen LogP contribution < -0.4 is 11.1 Å². The lowest BCUT2D eigenvalue weighted by molar-refractivity contribution is -0.116. The number of nitrogens with two attached hydrogens (primary N) is 1. The van der Waals surface area contributed by atoms with E-state index < -0.39 is 0 Å². The van der Waals surface area contributed by atoms with Crippen LogP contribution in [-0.4, -0.2) is 19.1 Å². The van der Waals surface area contributed by atoms with Crippen LogP contribution in [0.5, 0.6) is 0 Å². The molecule has 0 aromatic heterocycles. The minimum Gasteiger partial charge on any atom is -0.399 e. The first-order chi connectivity index (χ1) is 9.63. The van der Waals surface area contributed by atoms with Crippen LogP contribution in [0.25, 0.3) is 0 Å². The Labute approximate surface area is 121 Å². The third-order valence-electron chi connectivity index (χ3n) is 3.11. The molecule has 0 spiro atoms. The number of hydrogen-bond donors (Lipinski definition) is 2. The Kier molecular flexibility index (Phi) is 7.73. The summed E-state index contributed by atoms with van der Waals surface area (Å²) in [6, 6.07) is 5.48. The van der Waals surface area contributed by atoms with Crippen LogP contribution in [0.2, 0.25) is 0 Å². The fourth-order valence-electron chi connectivity index (χ4n) is 1.93. The molecular weight excluding hydrogens is 252 g/mol. The number of carbonyl (C=O) groups is 1. The number of benzene rings is 1. The van der Waals surface area contributed by atoms with E-state index in [1.807, 2.05) is 19.1 Å². The summed E-state index contributed by atoms with van der Waals surface area (Å²) in [7, 11) is 0. The van der Waals surface area contributed by atoms with Gasteiger partial charge < -0.3 is 15.8 Å². The lowest BCUT2D eigenvalue weighted by atomic mass is 10.1. The Bertz CT molecular complexity index is 419. The first kappa shape index (κ1) is 16.5. The summed E-state index contributed by atoms with van der Waals surface area (Å²) in [6.07, 6.45) is 4.75. The van der Waals surface area contributed by atoms with Crippen LogP contribution in [0.3, 0.4) is 0 Å². The summed E-state index contributed by atoms with van der Waals surface area (Å²) in [6.45, 7) is 5.55. The van der Waals surface area contributed by atoms with Crippen molar-refractivity contribution in [3.63, 3.8) is 0 Å². The summed E-state index contributed by atoms with van der Waals surface area (Å²) in [5, 5.41) is 2.90. The van der Waals surface area contributed by atoms with Gasteiger partial charge in [-0.3, -0.25) is 4.79 Å². The fraction of sp³-hybridized carbons (Fsp3) is 0.562. The Morgan fingerprint density at radius 3 is 2.70 bits per heavy atom. The summed E-state index contributed by atoms with van der Waals surface area (Å²) >= 11 is 0. The maximum Gasteiger partial charge on any atom is 0.224 e. The number of anilines is 2. The van der Waals surface area contributed by atoms with Crippen LogP contribution in [0.15, 0.2) is 18.2 Å². The Balaban J connectivity index is 2.17. The highest BCUT2D eigenvalue weighted by atomic mass is 16.5. The van der Waals surface area contributed by atoms with Gasteiger partial charge in [0.1, 0.15) is 0 Å². The minimum atomic E-state index is 0.0232. The molecule has 0 aliphatic heterocycles. The molecule has 0 atom stereocenters. The number of aryl methyl sites for hydroxylation is 1. The lowest BCUT2D eigenvalue weighted by Gasteiger charge is -2.09. The summed E-state index contributed by atoms with van der Waals surface area (Å²) < 4.78 is 5.48. The van der Waals surface area contributed by atoms with Gasteiger partial charge in [0, 0.05) is 31.0 Å². The summed E-state index contributed by atoms with van der Waals surface area (Å²) in [5.74, 6) is 0.0232. The van der Waals surface area contributed by atoms with Crippen LogP contribution in [0.1, 0.15) is 44.6 Å². The molecule has 0 aliphatic rings. The molecule has 0 fully saturated rings. The smallest absolute Gasteiger partial charge is 0.224 e. The highest BCUT2D eigenvalue weighted by Crippen LogP contribution is 2.17. The van der Waals surface area contributed by atoms with E-state index >= 15 is 0 Å².